The van der Waals surface area contributed by atoms with Gasteiger partial charge in [0.15, 0.2) is 6.61 Å². The van der Waals surface area contributed by atoms with Crippen LogP contribution in [0.25, 0.3) is 0 Å². The fourth-order valence-corrected chi connectivity index (χ4v) is 2.42. The summed E-state index contributed by atoms with van der Waals surface area (Å²) in [5, 5.41) is 5.04. The van der Waals surface area contributed by atoms with Gasteiger partial charge < -0.3 is 20.1 Å². The lowest BCUT2D eigenvalue weighted by atomic mass is 10.2. The van der Waals surface area contributed by atoms with Crippen LogP contribution in [0.1, 0.15) is 23.7 Å². The molecule has 1 aromatic rings. The van der Waals surface area contributed by atoms with Crippen molar-refractivity contribution in [1.29, 1.82) is 0 Å². The summed E-state index contributed by atoms with van der Waals surface area (Å²) in [6.07, 6.45) is 0.114. The summed E-state index contributed by atoms with van der Waals surface area (Å²) >= 11 is 1.28. The number of benzene rings is 1. The molecule has 142 valence electrons. The molecule has 0 aliphatic carbocycles. The second kappa shape index (κ2) is 11.9. The Hall–Kier alpha value is -2.55. The molecular formula is C17H22N2O6S. The van der Waals surface area contributed by atoms with Crippen molar-refractivity contribution in [2.75, 3.05) is 37.1 Å². The maximum atomic E-state index is 11.8. The van der Waals surface area contributed by atoms with Crippen molar-refractivity contribution >= 4 is 41.2 Å². The Morgan fingerprint density at radius 2 is 1.73 bits per heavy atom. The van der Waals surface area contributed by atoms with Crippen molar-refractivity contribution in [1.82, 2.24) is 5.32 Å². The van der Waals surface area contributed by atoms with E-state index < -0.39 is 11.9 Å². The Labute approximate surface area is 156 Å². The van der Waals surface area contributed by atoms with Crippen LogP contribution in [0.5, 0.6) is 0 Å². The second-order valence-electron chi connectivity index (χ2n) is 4.98. The molecule has 0 saturated carbocycles. The Kier molecular flexibility index (Phi) is 9.85. The molecule has 0 bridgehead atoms. The van der Waals surface area contributed by atoms with Gasteiger partial charge in [-0.1, -0.05) is 0 Å². The van der Waals surface area contributed by atoms with Crippen LogP contribution < -0.4 is 10.6 Å². The molecule has 0 aliphatic rings. The van der Waals surface area contributed by atoms with Crippen molar-refractivity contribution in [2.24, 2.45) is 0 Å². The third-order valence-corrected chi connectivity index (χ3v) is 3.97. The number of esters is 2. The summed E-state index contributed by atoms with van der Waals surface area (Å²) in [5.74, 6) is -0.929. The molecule has 1 aromatic carbocycles. The third-order valence-electron chi connectivity index (χ3n) is 3.01. The molecule has 9 heteroatoms. The van der Waals surface area contributed by atoms with Crippen LogP contribution in [0, 0.1) is 0 Å². The maximum absolute atomic E-state index is 11.8. The molecule has 0 spiro atoms. The van der Waals surface area contributed by atoms with E-state index in [-0.39, 0.29) is 30.6 Å². The fourth-order valence-electron chi connectivity index (χ4n) is 1.71. The summed E-state index contributed by atoms with van der Waals surface area (Å²) in [7, 11) is 1.45. The molecule has 1 rings (SSSR count). The van der Waals surface area contributed by atoms with E-state index in [0.29, 0.717) is 23.6 Å². The first-order chi connectivity index (χ1) is 12.5. The summed E-state index contributed by atoms with van der Waals surface area (Å²) < 4.78 is 9.62. The van der Waals surface area contributed by atoms with E-state index in [9.17, 15) is 19.2 Å². The zero-order valence-corrected chi connectivity index (χ0v) is 15.5. The molecule has 2 amide bonds. The molecule has 0 unspecified atom stereocenters. The minimum atomic E-state index is -0.490. The Morgan fingerprint density at radius 1 is 1.04 bits per heavy atom. The molecule has 2 N–H and O–H groups in total. The largest absolute Gasteiger partial charge is 0.462 e. The van der Waals surface area contributed by atoms with Gasteiger partial charge in [-0.15, -0.1) is 0 Å². The van der Waals surface area contributed by atoms with Crippen LogP contribution in [-0.2, 0) is 23.9 Å². The average Bonchev–Trinajstić information content (AvgIpc) is 2.64. The number of thioether (sulfide) groups is 1. The van der Waals surface area contributed by atoms with E-state index >= 15 is 0 Å². The van der Waals surface area contributed by atoms with Crippen LogP contribution >= 0.6 is 11.8 Å². The highest BCUT2D eigenvalue weighted by molar-refractivity contribution is 7.99. The van der Waals surface area contributed by atoms with Gasteiger partial charge in [-0.05, 0) is 31.2 Å². The number of nitrogens with one attached hydrogen (secondary N) is 2. The van der Waals surface area contributed by atoms with Gasteiger partial charge in [-0.3, -0.25) is 14.4 Å². The zero-order chi connectivity index (χ0) is 19.4. The standard InChI is InChI=1S/C17H22N2O6S/c1-3-24-17(23)12-4-6-13(7-5-12)19-15(21)11-26-9-8-16(22)25-10-14(20)18-2/h4-7H,3,8-11H2,1-2H3,(H,18,20)(H,19,21). The molecule has 0 fully saturated rings. The van der Waals surface area contributed by atoms with E-state index in [1.54, 1.807) is 31.2 Å². The fraction of sp³-hybridized carbons (Fsp3) is 0.412. The highest BCUT2D eigenvalue weighted by atomic mass is 32.2. The van der Waals surface area contributed by atoms with E-state index in [2.05, 4.69) is 10.6 Å². The normalized spacial score (nSPS) is 9.92. The van der Waals surface area contributed by atoms with E-state index in [1.807, 2.05) is 0 Å². The first-order valence-corrected chi connectivity index (χ1v) is 9.12. The molecule has 0 atom stereocenters. The summed E-state index contributed by atoms with van der Waals surface area (Å²) in [6.45, 7) is 1.72. The lowest BCUT2D eigenvalue weighted by molar-refractivity contribution is -0.147. The van der Waals surface area contributed by atoms with Crippen molar-refractivity contribution in [3.05, 3.63) is 29.8 Å². The summed E-state index contributed by atoms with van der Waals surface area (Å²) in [6, 6.07) is 6.38. The van der Waals surface area contributed by atoms with Crippen LogP contribution in [-0.4, -0.2) is 55.5 Å². The highest BCUT2D eigenvalue weighted by Gasteiger charge is 2.09. The second-order valence-corrected chi connectivity index (χ2v) is 6.09. The van der Waals surface area contributed by atoms with Gasteiger partial charge in [0.25, 0.3) is 5.91 Å². The lowest BCUT2D eigenvalue weighted by Gasteiger charge is -2.07. The van der Waals surface area contributed by atoms with Crippen molar-refractivity contribution in [2.45, 2.75) is 13.3 Å². The predicted molar refractivity (Wildman–Crippen MR) is 98.0 cm³/mol. The van der Waals surface area contributed by atoms with Crippen molar-refractivity contribution in [3.8, 4) is 0 Å². The lowest BCUT2D eigenvalue weighted by Crippen LogP contribution is -2.25. The van der Waals surface area contributed by atoms with Crippen LogP contribution in [0.2, 0.25) is 0 Å². The average molecular weight is 382 g/mol. The Morgan fingerprint density at radius 3 is 2.35 bits per heavy atom. The van der Waals surface area contributed by atoms with Gasteiger partial charge in [-0.25, -0.2) is 4.79 Å². The third kappa shape index (κ3) is 8.52. The van der Waals surface area contributed by atoms with Crippen LogP contribution in [0.4, 0.5) is 5.69 Å². The molecule has 8 nitrogen and oxygen atoms in total. The molecule has 0 saturated heterocycles. The molecule has 0 aromatic heterocycles. The minimum Gasteiger partial charge on any atom is -0.462 e. The number of carbonyl (C=O) groups is 4. The number of rotatable bonds is 10. The number of amides is 2. The molecular weight excluding hydrogens is 360 g/mol. The quantitative estimate of drug-likeness (QED) is 0.462. The number of hydrogen-bond donors (Lipinski definition) is 2. The van der Waals surface area contributed by atoms with Gasteiger partial charge in [-0.2, -0.15) is 11.8 Å². The smallest absolute Gasteiger partial charge is 0.338 e. The SMILES string of the molecule is CCOC(=O)c1ccc(NC(=O)CSCCC(=O)OCC(=O)NC)cc1. The topological polar surface area (TPSA) is 111 Å². The van der Waals surface area contributed by atoms with E-state index in [0.717, 1.165) is 0 Å². The number of carbonyl (C=O) groups excluding carboxylic acids is 4. The summed E-state index contributed by atoms with van der Waals surface area (Å²) in [4.78, 5) is 45.7. The highest BCUT2D eigenvalue weighted by Crippen LogP contribution is 2.12. The number of hydrogen-bond acceptors (Lipinski definition) is 7. The molecule has 0 heterocycles. The predicted octanol–water partition coefficient (Wildman–Crippen LogP) is 1.21. The molecule has 0 radical (unpaired) electrons. The number of ether oxygens (including phenoxy) is 2. The van der Waals surface area contributed by atoms with Gasteiger partial charge in [0, 0.05) is 18.5 Å². The van der Waals surface area contributed by atoms with E-state index in [1.165, 1.54) is 18.8 Å². The monoisotopic (exact) mass is 382 g/mol. The van der Waals surface area contributed by atoms with Crippen molar-refractivity contribution < 1.29 is 28.7 Å². The Bertz CT molecular complexity index is 633. The first kappa shape index (κ1) is 21.5. The Balaban J connectivity index is 2.25. The van der Waals surface area contributed by atoms with Gasteiger partial charge in [0.05, 0.1) is 24.3 Å². The maximum Gasteiger partial charge on any atom is 0.338 e. The van der Waals surface area contributed by atoms with Gasteiger partial charge in [0.1, 0.15) is 0 Å². The van der Waals surface area contributed by atoms with Gasteiger partial charge >= 0.3 is 11.9 Å². The van der Waals surface area contributed by atoms with E-state index in [4.69, 9.17) is 9.47 Å². The summed E-state index contributed by atoms with van der Waals surface area (Å²) in [5.41, 5.74) is 0.975. The van der Waals surface area contributed by atoms with Crippen LogP contribution in [0.15, 0.2) is 24.3 Å². The molecule has 0 aliphatic heterocycles. The number of anilines is 1. The van der Waals surface area contributed by atoms with Gasteiger partial charge in [0.2, 0.25) is 5.91 Å². The number of likely N-dealkylation sites (N-methyl/N-ethyl adjacent to an activating group) is 1. The van der Waals surface area contributed by atoms with Crippen molar-refractivity contribution in [3.63, 3.8) is 0 Å². The zero-order valence-electron chi connectivity index (χ0n) is 14.7. The van der Waals surface area contributed by atoms with Crippen LogP contribution in [0.3, 0.4) is 0 Å². The first-order valence-electron chi connectivity index (χ1n) is 7.97. The minimum absolute atomic E-state index is 0.114. The molecule has 26 heavy (non-hydrogen) atoms.